The van der Waals surface area contributed by atoms with Crippen LogP contribution in [0.2, 0.25) is 0 Å². The Bertz CT molecular complexity index is 667. The first-order valence-electron chi connectivity index (χ1n) is 7.56. The molecule has 23 heavy (non-hydrogen) atoms. The molecular weight excluding hydrogens is 320 g/mol. The number of hydrogen-bond acceptors (Lipinski definition) is 6. The smallest absolute Gasteiger partial charge is 0.255 e. The topological polar surface area (TPSA) is 101 Å². The Morgan fingerprint density at radius 2 is 2.30 bits per heavy atom. The average molecular weight is 340 g/mol. The number of aromatic nitrogens is 2. The summed E-state index contributed by atoms with van der Waals surface area (Å²) in [6.07, 6.45) is 4.81. The fourth-order valence-electron chi connectivity index (χ4n) is 3.31. The van der Waals surface area contributed by atoms with Crippen LogP contribution in [-0.4, -0.2) is 68.0 Å². The van der Waals surface area contributed by atoms with Crippen LogP contribution in [0.3, 0.4) is 0 Å². The summed E-state index contributed by atoms with van der Waals surface area (Å²) < 4.78 is 30.7. The van der Waals surface area contributed by atoms with Gasteiger partial charge in [-0.1, -0.05) is 0 Å². The van der Waals surface area contributed by atoms with Crippen molar-refractivity contribution in [1.29, 1.82) is 0 Å². The molecule has 3 heterocycles. The summed E-state index contributed by atoms with van der Waals surface area (Å²) in [5.41, 5.74) is 0.535. The molecule has 1 N–H and O–H groups in total. The highest BCUT2D eigenvalue weighted by Gasteiger charge is 2.41. The van der Waals surface area contributed by atoms with Crippen molar-refractivity contribution in [3.05, 3.63) is 24.0 Å². The first kappa shape index (κ1) is 16.3. The van der Waals surface area contributed by atoms with Gasteiger partial charge in [0.1, 0.15) is 0 Å². The van der Waals surface area contributed by atoms with Crippen LogP contribution in [0.5, 0.6) is 0 Å². The standard InChI is InChI=1S/C14H20N4O4S/c1-23(20,21)17-7-13-12-3-5-18(8-11(12)9-22-13)14(19)10-2-4-15-16-6-10/h2,4,6,11-13,17H,3,5,7-9H2,1H3/t11-,12-,13-/m0/s1. The maximum Gasteiger partial charge on any atom is 0.255 e. The molecule has 2 aliphatic heterocycles. The third-order valence-corrected chi connectivity index (χ3v) is 5.15. The summed E-state index contributed by atoms with van der Waals surface area (Å²) >= 11 is 0. The van der Waals surface area contributed by atoms with Gasteiger partial charge in [0.2, 0.25) is 10.0 Å². The molecule has 9 heteroatoms. The number of hydrogen-bond donors (Lipinski definition) is 1. The van der Waals surface area contributed by atoms with Gasteiger partial charge >= 0.3 is 0 Å². The van der Waals surface area contributed by atoms with Gasteiger partial charge in [0.15, 0.2) is 0 Å². The SMILES string of the molecule is CS(=O)(=O)NC[C@@H]1OC[C@@H]2CN(C(=O)c3ccnnc3)CC[C@@H]21. The Kier molecular flexibility index (Phi) is 4.60. The molecule has 0 bridgehead atoms. The lowest BCUT2D eigenvalue weighted by Gasteiger charge is -2.35. The number of sulfonamides is 1. The van der Waals surface area contributed by atoms with Gasteiger partial charge < -0.3 is 9.64 Å². The summed E-state index contributed by atoms with van der Waals surface area (Å²) in [7, 11) is -3.22. The number of nitrogens with zero attached hydrogens (tertiary/aromatic N) is 3. The Morgan fingerprint density at radius 3 is 3.00 bits per heavy atom. The van der Waals surface area contributed by atoms with Crippen molar-refractivity contribution in [1.82, 2.24) is 19.8 Å². The minimum atomic E-state index is -3.22. The fourth-order valence-corrected chi connectivity index (χ4v) is 3.78. The van der Waals surface area contributed by atoms with Gasteiger partial charge in [-0.3, -0.25) is 4.79 Å². The number of carbonyl (C=O) groups is 1. The van der Waals surface area contributed by atoms with Crippen LogP contribution in [0.4, 0.5) is 0 Å². The van der Waals surface area contributed by atoms with Crippen LogP contribution in [-0.2, 0) is 14.8 Å². The molecule has 2 fully saturated rings. The minimum absolute atomic E-state index is 0.0453. The molecule has 126 valence electrons. The normalized spacial score (nSPS) is 27.7. The van der Waals surface area contributed by atoms with E-state index in [1.165, 1.54) is 12.4 Å². The molecule has 2 saturated heterocycles. The van der Waals surface area contributed by atoms with E-state index in [0.29, 0.717) is 31.8 Å². The van der Waals surface area contributed by atoms with Crippen molar-refractivity contribution in [3.8, 4) is 0 Å². The van der Waals surface area contributed by atoms with E-state index in [-0.39, 0.29) is 23.8 Å². The third-order valence-electron chi connectivity index (χ3n) is 4.46. The molecule has 1 aromatic rings. The van der Waals surface area contributed by atoms with Crippen molar-refractivity contribution >= 4 is 15.9 Å². The predicted octanol–water partition coefficient (Wildman–Crippen LogP) is -0.497. The number of carbonyl (C=O) groups excluding carboxylic acids is 1. The first-order chi connectivity index (χ1) is 10.9. The average Bonchev–Trinajstić information content (AvgIpc) is 2.94. The zero-order valence-electron chi connectivity index (χ0n) is 12.9. The van der Waals surface area contributed by atoms with E-state index in [2.05, 4.69) is 14.9 Å². The number of piperidine rings is 1. The van der Waals surface area contributed by atoms with Crippen molar-refractivity contribution in [2.24, 2.45) is 11.8 Å². The highest BCUT2D eigenvalue weighted by molar-refractivity contribution is 7.88. The molecule has 1 aromatic heterocycles. The quantitative estimate of drug-likeness (QED) is 0.793. The molecule has 1 amide bonds. The number of ether oxygens (including phenoxy) is 1. The van der Waals surface area contributed by atoms with E-state index < -0.39 is 10.0 Å². The van der Waals surface area contributed by atoms with Crippen molar-refractivity contribution in [3.63, 3.8) is 0 Å². The molecule has 0 spiro atoms. The van der Waals surface area contributed by atoms with Crippen LogP contribution in [0.15, 0.2) is 18.5 Å². The van der Waals surface area contributed by atoms with E-state index in [1.54, 1.807) is 6.07 Å². The van der Waals surface area contributed by atoms with Crippen LogP contribution in [0.1, 0.15) is 16.8 Å². The molecule has 3 rings (SSSR count). The summed E-state index contributed by atoms with van der Waals surface area (Å²) in [4.78, 5) is 14.3. The molecule has 8 nitrogen and oxygen atoms in total. The second-order valence-corrected chi connectivity index (χ2v) is 7.92. The summed E-state index contributed by atoms with van der Waals surface area (Å²) in [5.74, 6) is 0.480. The van der Waals surface area contributed by atoms with E-state index >= 15 is 0 Å². The fraction of sp³-hybridized carbons (Fsp3) is 0.643. The number of fused-ring (bicyclic) bond motifs is 1. The second kappa shape index (κ2) is 6.50. The van der Waals surface area contributed by atoms with E-state index in [0.717, 1.165) is 12.7 Å². The van der Waals surface area contributed by atoms with E-state index in [4.69, 9.17) is 4.74 Å². The van der Waals surface area contributed by atoms with E-state index in [1.807, 2.05) is 4.90 Å². The monoisotopic (exact) mass is 340 g/mol. The van der Waals surface area contributed by atoms with Crippen LogP contribution in [0.25, 0.3) is 0 Å². The van der Waals surface area contributed by atoms with E-state index in [9.17, 15) is 13.2 Å². The van der Waals surface area contributed by atoms with Crippen LogP contribution < -0.4 is 4.72 Å². The minimum Gasteiger partial charge on any atom is -0.376 e. The molecule has 2 aliphatic rings. The highest BCUT2D eigenvalue weighted by atomic mass is 32.2. The Hall–Kier alpha value is -1.58. The summed E-state index contributed by atoms with van der Waals surface area (Å²) in [6.45, 7) is 2.11. The van der Waals surface area contributed by atoms with Gasteiger partial charge in [0.05, 0.1) is 36.9 Å². The maximum absolute atomic E-state index is 12.5. The van der Waals surface area contributed by atoms with Gasteiger partial charge in [0.25, 0.3) is 5.91 Å². The Labute approximate surface area is 135 Å². The van der Waals surface area contributed by atoms with Gasteiger partial charge in [-0.05, 0) is 18.4 Å². The summed E-state index contributed by atoms with van der Waals surface area (Å²) in [6, 6.07) is 1.66. The number of rotatable bonds is 4. The second-order valence-electron chi connectivity index (χ2n) is 6.09. The predicted molar refractivity (Wildman–Crippen MR) is 82.1 cm³/mol. The Morgan fingerprint density at radius 1 is 1.48 bits per heavy atom. The van der Waals surface area contributed by atoms with Gasteiger partial charge in [-0.2, -0.15) is 10.2 Å². The zero-order chi connectivity index (χ0) is 16.4. The largest absolute Gasteiger partial charge is 0.376 e. The zero-order valence-corrected chi connectivity index (χ0v) is 13.7. The lowest BCUT2D eigenvalue weighted by molar-refractivity contribution is 0.0616. The summed E-state index contributed by atoms with van der Waals surface area (Å²) in [5, 5.41) is 7.42. The number of nitrogens with one attached hydrogen (secondary N) is 1. The third kappa shape index (κ3) is 3.85. The Balaban J connectivity index is 1.59. The molecule has 0 aromatic carbocycles. The van der Waals surface area contributed by atoms with Crippen LogP contribution in [0, 0.1) is 11.8 Å². The van der Waals surface area contributed by atoms with Gasteiger partial charge in [-0.15, -0.1) is 0 Å². The van der Waals surface area contributed by atoms with Gasteiger partial charge in [0, 0.05) is 25.6 Å². The molecule has 0 aliphatic carbocycles. The lowest BCUT2D eigenvalue weighted by Crippen LogP contribution is -2.46. The molecule has 0 saturated carbocycles. The maximum atomic E-state index is 12.5. The number of amides is 1. The van der Waals surface area contributed by atoms with Crippen molar-refractivity contribution in [2.45, 2.75) is 12.5 Å². The molecule has 0 radical (unpaired) electrons. The number of likely N-dealkylation sites (tertiary alicyclic amines) is 1. The van der Waals surface area contributed by atoms with Crippen LogP contribution >= 0.6 is 0 Å². The molecule has 3 atom stereocenters. The first-order valence-corrected chi connectivity index (χ1v) is 9.45. The highest BCUT2D eigenvalue weighted by Crippen LogP contribution is 2.34. The molecule has 0 unspecified atom stereocenters. The van der Waals surface area contributed by atoms with Crippen molar-refractivity contribution < 1.29 is 17.9 Å². The lowest BCUT2D eigenvalue weighted by atomic mass is 9.84. The molecular formula is C14H20N4O4S. The van der Waals surface area contributed by atoms with Crippen molar-refractivity contribution in [2.75, 3.05) is 32.5 Å². The van der Waals surface area contributed by atoms with Gasteiger partial charge in [-0.25, -0.2) is 13.1 Å².